The summed E-state index contributed by atoms with van der Waals surface area (Å²) in [6.07, 6.45) is 1.05. The zero-order chi connectivity index (χ0) is 13.7. The van der Waals surface area contributed by atoms with E-state index in [9.17, 15) is 0 Å². The van der Waals surface area contributed by atoms with Crippen LogP contribution < -0.4 is 10.6 Å². The highest BCUT2D eigenvalue weighted by atomic mass is 35.5. The van der Waals surface area contributed by atoms with Crippen LogP contribution in [-0.4, -0.2) is 45.0 Å². The summed E-state index contributed by atoms with van der Waals surface area (Å²) in [5.41, 5.74) is 7.22. The van der Waals surface area contributed by atoms with E-state index in [1.165, 1.54) is 0 Å². The summed E-state index contributed by atoms with van der Waals surface area (Å²) >= 11 is 6.00. The van der Waals surface area contributed by atoms with Crippen LogP contribution in [0.1, 0.15) is 12.0 Å². The Kier molecular flexibility index (Phi) is 5.44. The Bertz CT molecular complexity index is 417. The number of anilines is 1. The van der Waals surface area contributed by atoms with Crippen molar-refractivity contribution in [1.82, 2.24) is 4.90 Å². The number of nitrogens with one attached hydrogen (secondary N) is 1. The largest absolute Gasteiger partial charge is 0.384 e. The van der Waals surface area contributed by atoms with Gasteiger partial charge in [0.2, 0.25) is 0 Å². The van der Waals surface area contributed by atoms with E-state index < -0.39 is 0 Å². The zero-order valence-electron chi connectivity index (χ0n) is 11.2. The van der Waals surface area contributed by atoms with Crippen molar-refractivity contribution in [3.63, 3.8) is 0 Å². The van der Waals surface area contributed by atoms with E-state index in [1.807, 2.05) is 13.1 Å². The number of hydrogen-bond acceptors (Lipinski definition) is 3. The molecule has 4 nitrogen and oxygen atoms in total. The van der Waals surface area contributed by atoms with Gasteiger partial charge in [0, 0.05) is 29.9 Å². The standard InChI is InChI=1S/C13H21ClN4/c1-17(2)7-4-8-18(3)12-9-10(14)5-6-11(12)13(15)16/h5-6,9H,4,7-8H2,1-3H3,(H3,15,16). The number of nitrogens with zero attached hydrogens (tertiary/aromatic N) is 2. The summed E-state index contributed by atoms with van der Waals surface area (Å²) < 4.78 is 0. The van der Waals surface area contributed by atoms with Gasteiger partial charge in [0.15, 0.2) is 0 Å². The molecule has 5 heteroatoms. The highest BCUT2D eigenvalue weighted by molar-refractivity contribution is 6.31. The topological polar surface area (TPSA) is 56.4 Å². The van der Waals surface area contributed by atoms with Gasteiger partial charge in [0.1, 0.15) is 5.84 Å². The van der Waals surface area contributed by atoms with E-state index in [4.69, 9.17) is 22.7 Å². The first-order chi connectivity index (χ1) is 8.41. The fourth-order valence-corrected chi connectivity index (χ4v) is 1.96. The van der Waals surface area contributed by atoms with Crippen LogP contribution >= 0.6 is 11.6 Å². The maximum absolute atomic E-state index is 7.59. The molecule has 0 fully saturated rings. The summed E-state index contributed by atoms with van der Waals surface area (Å²) in [6.45, 7) is 1.93. The van der Waals surface area contributed by atoms with Gasteiger partial charge in [-0.15, -0.1) is 0 Å². The van der Waals surface area contributed by atoms with E-state index in [1.54, 1.807) is 12.1 Å². The third-order valence-corrected chi connectivity index (χ3v) is 3.00. The first kappa shape index (κ1) is 14.8. The van der Waals surface area contributed by atoms with Crippen LogP contribution in [-0.2, 0) is 0 Å². The Morgan fingerprint density at radius 1 is 1.28 bits per heavy atom. The van der Waals surface area contributed by atoms with Gasteiger partial charge in [-0.2, -0.15) is 0 Å². The highest BCUT2D eigenvalue weighted by Crippen LogP contribution is 2.23. The molecule has 0 bridgehead atoms. The SMILES string of the molecule is CN(C)CCCN(C)c1cc(Cl)ccc1C(=N)N. The fraction of sp³-hybridized carbons (Fsp3) is 0.462. The summed E-state index contributed by atoms with van der Waals surface area (Å²) in [5.74, 6) is 0.0705. The molecule has 0 aliphatic heterocycles. The lowest BCUT2D eigenvalue weighted by atomic mass is 10.1. The molecule has 0 aliphatic carbocycles. The molecule has 0 atom stereocenters. The van der Waals surface area contributed by atoms with Crippen molar-refractivity contribution in [2.45, 2.75) is 6.42 Å². The number of halogens is 1. The van der Waals surface area contributed by atoms with Crippen molar-refractivity contribution in [2.24, 2.45) is 5.73 Å². The molecule has 1 aromatic rings. The van der Waals surface area contributed by atoms with Gasteiger partial charge in [-0.05, 0) is 45.3 Å². The Morgan fingerprint density at radius 2 is 1.94 bits per heavy atom. The minimum atomic E-state index is 0.0705. The minimum absolute atomic E-state index is 0.0705. The van der Waals surface area contributed by atoms with Crippen LogP contribution in [0.2, 0.25) is 5.02 Å². The molecule has 0 aromatic heterocycles. The normalized spacial score (nSPS) is 10.7. The second-order valence-electron chi connectivity index (χ2n) is 4.65. The van der Waals surface area contributed by atoms with Gasteiger partial charge in [-0.3, -0.25) is 5.41 Å². The highest BCUT2D eigenvalue weighted by Gasteiger charge is 2.10. The number of amidine groups is 1. The number of benzene rings is 1. The average molecular weight is 269 g/mol. The van der Waals surface area contributed by atoms with Gasteiger partial charge in [0.05, 0.1) is 0 Å². The summed E-state index contributed by atoms with van der Waals surface area (Å²) in [4.78, 5) is 4.24. The van der Waals surface area contributed by atoms with Gasteiger partial charge in [-0.25, -0.2) is 0 Å². The second-order valence-corrected chi connectivity index (χ2v) is 5.09. The van der Waals surface area contributed by atoms with Crippen LogP contribution in [0.5, 0.6) is 0 Å². The predicted octanol–water partition coefficient (Wildman–Crippen LogP) is 2.01. The van der Waals surface area contributed by atoms with Crippen molar-refractivity contribution in [1.29, 1.82) is 5.41 Å². The quantitative estimate of drug-likeness (QED) is 0.613. The zero-order valence-corrected chi connectivity index (χ0v) is 12.0. The number of hydrogen-bond donors (Lipinski definition) is 2. The van der Waals surface area contributed by atoms with Crippen LogP contribution in [0.4, 0.5) is 5.69 Å². The maximum Gasteiger partial charge on any atom is 0.124 e. The molecule has 0 saturated carbocycles. The molecule has 0 saturated heterocycles. The Morgan fingerprint density at radius 3 is 2.50 bits per heavy atom. The molecule has 18 heavy (non-hydrogen) atoms. The molecule has 0 unspecified atom stereocenters. The average Bonchev–Trinajstić information content (AvgIpc) is 2.27. The molecule has 0 amide bonds. The molecule has 0 aliphatic rings. The Balaban J connectivity index is 2.80. The maximum atomic E-state index is 7.59. The van der Waals surface area contributed by atoms with Crippen LogP contribution in [0.3, 0.4) is 0 Å². The third kappa shape index (κ3) is 4.20. The third-order valence-electron chi connectivity index (χ3n) is 2.76. The van der Waals surface area contributed by atoms with Crippen molar-refractivity contribution in [2.75, 3.05) is 39.1 Å². The van der Waals surface area contributed by atoms with Crippen molar-refractivity contribution in [3.8, 4) is 0 Å². The Labute approximate surface area is 114 Å². The summed E-state index contributed by atoms with van der Waals surface area (Å²) in [6, 6.07) is 5.41. The van der Waals surface area contributed by atoms with Crippen LogP contribution in [0.25, 0.3) is 0 Å². The monoisotopic (exact) mass is 268 g/mol. The molecule has 0 heterocycles. The van der Waals surface area contributed by atoms with Crippen molar-refractivity contribution in [3.05, 3.63) is 28.8 Å². The molecular weight excluding hydrogens is 248 g/mol. The number of nitrogens with two attached hydrogens (primary N) is 1. The van der Waals surface area contributed by atoms with Gasteiger partial charge >= 0.3 is 0 Å². The van der Waals surface area contributed by atoms with Crippen molar-refractivity contribution >= 4 is 23.1 Å². The lowest BCUT2D eigenvalue weighted by Gasteiger charge is -2.23. The summed E-state index contributed by atoms with van der Waals surface area (Å²) in [5, 5.41) is 8.25. The molecule has 3 N–H and O–H groups in total. The molecule has 1 rings (SSSR count). The van der Waals surface area contributed by atoms with E-state index in [2.05, 4.69) is 23.9 Å². The predicted molar refractivity (Wildman–Crippen MR) is 78.9 cm³/mol. The van der Waals surface area contributed by atoms with Gasteiger partial charge in [0.25, 0.3) is 0 Å². The molecule has 100 valence electrons. The van der Waals surface area contributed by atoms with Gasteiger partial charge < -0.3 is 15.5 Å². The Hall–Kier alpha value is -1.26. The second kappa shape index (κ2) is 6.61. The number of nitrogen functional groups attached to an aromatic ring is 1. The van der Waals surface area contributed by atoms with E-state index in [0.717, 1.165) is 30.8 Å². The van der Waals surface area contributed by atoms with Crippen molar-refractivity contribution < 1.29 is 0 Å². The van der Waals surface area contributed by atoms with Gasteiger partial charge in [-0.1, -0.05) is 11.6 Å². The molecule has 0 radical (unpaired) electrons. The minimum Gasteiger partial charge on any atom is -0.384 e. The number of rotatable bonds is 6. The molecular formula is C13H21ClN4. The van der Waals surface area contributed by atoms with E-state index in [-0.39, 0.29) is 5.84 Å². The first-order valence-corrected chi connectivity index (χ1v) is 6.29. The van der Waals surface area contributed by atoms with Crippen LogP contribution in [0.15, 0.2) is 18.2 Å². The lowest BCUT2D eigenvalue weighted by Crippen LogP contribution is -2.26. The lowest BCUT2D eigenvalue weighted by molar-refractivity contribution is 0.401. The molecule has 1 aromatic carbocycles. The van der Waals surface area contributed by atoms with E-state index in [0.29, 0.717) is 5.02 Å². The summed E-state index contributed by atoms with van der Waals surface area (Å²) in [7, 11) is 6.11. The fourth-order valence-electron chi connectivity index (χ4n) is 1.79. The molecule has 0 spiro atoms. The smallest absolute Gasteiger partial charge is 0.124 e. The van der Waals surface area contributed by atoms with E-state index >= 15 is 0 Å². The van der Waals surface area contributed by atoms with Crippen LogP contribution in [0, 0.1) is 5.41 Å². The first-order valence-electron chi connectivity index (χ1n) is 5.91.